The molecule has 1 N–H and O–H groups in total. The number of hydrogen-bond acceptors (Lipinski definition) is 5. The first kappa shape index (κ1) is 23.7. The Morgan fingerprint density at radius 1 is 1.18 bits per heavy atom. The SMILES string of the molecule is CNC(=O)[C@@H]1CN(C(=O)c2ccco2)C[C@H]1C1CCN(c2ccc(C#N)c(C(F)(F)F)c2)CC1. The van der Waals surface area contributed by atoms with Crippen LogP contribution < -0.4 is 10.2 Å². The number of amides is 2. The summed E-state index contributed by atoms with van der Waals surface area (Å²) in [6.45, 7) is 1.78. The first-order valence-electron chi connectivity index (χ1n) is 11.1. The van der Waals surface area contributed by atoms with Crippen LogP contribution in [0.15, 0.2) is 41.0 Å². The Labute approximate surface area is 195 Å². The first-order valence-corrected chi connectivity index (χ1v) is 11.1. The van der Waals surface area contributed by atoms with Gasteiger partial charge in [0.15, 0.2) is 5.76 Å². The summed E-state index contributed by atoms with van der Waals surface area (Å²) in [6, 6.07) is 8.62. The molecule has 2 aliphatic heterocycles. The lowest BCUT2D eigenvalue weighted by Crippen LogP contribution is -2.41. The van der Waals surface area contributed by atoms with Crippen molar-refractivity contribution in [3.63, 3.8) is 0 Å². The second-order valence-electron chi connectivity index (χ2n) is 8.74. The molecular formula is C24H25F3N4O3. The van der Waals surface area contributed by atoms with Crippen LogP contribution in [0.3, 0.4) is 0 Å². The Kier molecular flexibility index (Phi) is 6.55. The Balaban J connectivity index is 1.47. The van der Waals surface area contributed by atoms with Crippen molar-refractivity contribution < 1.29 is 27.2 Å². The number of carbonyl (C=O) groups is 2. The van der Waals surface area contributed by atoms with Gasteiger partial charge in [0.2, 0.25) is 5.91 Å². The van der Waals surface area contributed by atoms with Gasteiger partial charge in [-0.25, -0.2) is 0 Å². The van der Waals surface area contributed by atoms with Crippen LogP contribution in [0.25, 0.3) is 0 Å². The summed E-state index contributed by atoms with van der Waals surface area (Å²) < 4.78 is 45.3. The molecule has 7 nitrogen and oxygen atoms in total. The lowest BCUT2D eigenvalue weighted by molar-refractivity contribution is -0.137. The smallest absolute Gasteiger partial charge is 0.417 e. The zero-order chi connectivity index (χ0) is 24.5. The van der Waals surface area contributed by atoms with Gasteiger partial charge in [-0.1, -0.05) is 0 Å². The standard InChI is InChI=1S/C24H25F3N4O3/c1-29-22(32)19-14-31(23(33)21-3-2-10-34-21)13-18(19)15-6-8-30(9-7-15)17-5-4-16(12-28)20(11-17)24(25,26)27/h2-5,10-11,15,18-19H,6-9,13-14H2,1H3,(H,29,32)/t18-,19+/m0/s1. The molecule has 2 aliphatic rings. The number of carbonyl (C=O) groups excluding carboxylic acids is 2. The molecule has 0 saturated carbocycles. The molecule has 10 heteroatoms. The number of halogens is 3. The molecule has 2 aromatic rings. The van der Waals surface area contributed by atoms with Crippen LogP contribution >= 0.6 is 0 Å². The van der Waals surface area contributed by atoms with E-state index in [9.17, 15) is 22.8 Å². The van der Waals surface area contributed by atoms with Crippen LogP contribution in [0.5, 0.6) is 0 Å². The van der Waals surface area contributed by atoms with Crippen molar-refractivity contribution in [3.05, 3.63) is 53.5 Å². The molecule has 0 aliphatic carbocycles. The fraction of sp³-hybridized carbons (Fsp3) is 0.458. The molecule has 4 rings (SSSR count). The normalized spacial score (nSPS) is 21.4. The number of nitrogens with zero attached hydrogens (tertiary/aromatic N) is 3. The highest BCUT2D eigenvalue weighted by atomic mass is 19.4. The third-order valence-electron chi connectivity index (χ3n) is 6.91. The number of nitrogens with one attached hydrogen (secondary N) is 1. The highest BCUT2D eigenvalue weighted by molar-refractivity contribution is 5.92. The molecule has 1 aromatic heterocycles. The Bertz CT molecular complexity index is 1090. The van der Waals surface area contributed by atoms with Crippen LogP contribution in [0.1, 0.15) is 34.5 Å². The van der Waals surface area contributed by atoms with Gasteiger partial charge in [-0.2, -0.15) is 18.4 Å². The van der Waals surface area contributed by atoms with E-state index in [1.807, 2.05) is 4.90 Å². The monoisotopic (exact) mass is 474 g/mol. The van der Waals surface area contributed by atoms with Gasteiger partial charge in [0.25, 0.3) is 5.91 Å². The van der Waals surface area contributed by atoms with E-state index >= 15 is 0 Å². The maximum absolute atomic E-state index is 13.4. The molecule has 0 radical (unpaired) electrons. The molecule has 2 fully saturated rings. The highest BCUT2D eigenvalue weighted by Crippen LogP contribution is 2.39. The van der Waals surface area contributed by atoms with E-state index in [2.05, 4.69) is 5.32 Å². The van der Waals surface area contributed by atoms with E-state index in [0.29, 0.717) is 44.7 Å². The fourth-order valence-corrected chi connectivity index (χ4v) is 5.14. The zero-order valence-electron chi connectivity index (χ0n) is 18.6. The highest BCUT2D eigenvalue weighted by Gasteiger charge is 2.44. The number of nitriles is 1. The van der Waals surface area contributed by atoms with Crippen LogP contribution in [-0.4, -0.2) is 49.9 Å². The Morgan fingerprint density at radius 3 is 2.50 bits per heavy atom. The number of alkyl halides is 3. The van der Waals surface area contributed by atoms with E-state index in [1.54, 1.807) is 36.2 Å². The maximum Gasteiger partial charge on any atom is 0.417 e. The summed E-state index contributed by atoms with van der Waals surface area (Å²) in [5.41, 5.74) is -0.905. The molecule has 0 bridgehead atoms. The van der Waals surface area contributed by atoms with Crippen molar-refractivity contribution >= 4 is 17.5 Å². The molecule has 2 amide bonds. The zero-order valence-corrected chi connectivity index (χ0v) is 18.6. The topological polar surface area (TPSA) is 89.6 Å². The number of benzene rings is 1. The van der Waals surface area contributed by atoms with Gasteiger partial charge in [0.1, 0.15) is 0 Å². The van der Waals surface area contributed by atoms with E-state index in [4.69, 9.17) is 9.68 Å². The van der Waals surface area contributed by atoms with Crippen molar-refractivity contribution in [3.8, 4) is 6.07 Å². The third kappa shape index (κ3) is 4.60. The molecule has 0 unspecified atom stereocenters. The number of anilines is 1. The van der Waals surface area contributed by atoms with Crippen LogP contribution in [0, 0.1) is 29.1 Å². The number of likely N-dealkylation sites (tertiary alicyclic amines) is 1. The summed E-state index contributed by atoms with van der Waals surface area (Å²) in [5, 5.41) is 11.7. The summed E-state index contributed by atoms with van der Waals surface area (Å²) in [7, 11) is 1.57. The minimum Gasteiger partial charge on any atom is -0.459 e. The Morgan fingerprint density at radius 2 is 1.91 bits per heavy atom. The van der Waals surface area contributed by atoms with Gasteiger partial charge < -0.3 is 19.5 Å². The minimum absolute atomic E-state index is 0.0484. The van der Waals surface area contributed by atoms with Gasteiger partial charge in [-0.3, -0.25) is 9.59 Å². The quantitative estimate of drug-likeness (QED) is 0.733. The van der Waals surface area contributed by atoms with E-state index in [-0.39, 0.29) is 35.3 Å². The largest absolute Gasteiger partial charge is 0.459 e. The predicted molar refractivity (Wildman–Crippen MR) is 117 cm³/mol. The molecule has 1 aromatic carbocycles. The summed E-state index contributed by atoms with van der Waals surface area (Å²) in [5.74, 6) is -0.402. The van der Waals surface area contributed by atoms with E-state index in [1.165, 1.54) is 12.3 Å². The van der Waals surface area contributed by atoms with Crippen molar-refractivity contribution in [1.82, 2.24) is 10.2 Å². The number of furan rings is 1. The second-order valence-corrected chi connectivity index (χ2v) is 8.74. The lowest BCUT2D eigenvalue weighted by atomic mass is 9.78. The third-order valence-corrected chi connectivity index (χ3v) is 6.91. The van der Waals surface area contributed by atoms with Crippen molar-refractivity contribution in [2.75, 3.05) is 38.1 Å². The van der Waals surface area contributed by atoms with Gasteiger partial charge in [-0.15, -0.1) is 0 Å². The summed E-state index contributed by atoms with van der Waals surface area (Å²) in [4.78, 5) is 28.9. The average Bonchev–Trinajstić information content (AvgIpc) is 3.53. The van der Waals surface area contributed by atoms with E-state index in [0.717, 1.165) is 6.07 Å². The summed E-state index contributed by atoms with van der Waals surface area (Å²) >= 11 is 0. The molecule has 0 spiro atoms. The second kappa shape index (κ2) is 9.41. The van der Waals surface area contributed by atoms with Crippen LogP contribution in [-0.2, 0) is 11.0 Å². The first-order chi connectivity index (χ1) is 16.2. The minimum atomic E-state index is -4.60. The van der Waals surface area contributed by atoms with Crippen molar-refractivity contribution in [2.45, 2.75) is 19.0 Å². The number of rotatable bonds is 4. The molecular weight excluding hydrogens is 449 g/mol. The van der Waals surface area contributed by atoms with Gasteiger partial charge in [0.05, 0.1) is 29.4 Å². The molecule has 34 heavy (non-hydrogen) atoms. The van der Waals surface area contributed by atoms with E-state index < -0.39 is 17.3 Å². The van der Waals surface area contributed by atoms with Gasteiger partial charge >= 0.3 is 6.18 Å². The summed E-state index contributed by atoms with van der Waals surface area (Å²) in [6.07, 6.45) is -1.81. The number of hydrogen-bond donors (Lipinski definition) is 1. The van der Waals surface area contributed by atoms with Crippen LogP contribution in [0.2, 0.25) is 0 Å². The average molecular weight is 474 g/mol. The van der Waals surface area contributed by atoms with Gasteiger partial charge in [-0.05, 0) is 55.0 Å². The van der Waals surface area contributed by atoms with Crippen molar-refractivity contribution in [2.24, 2.45) is 17.8 Å². The van der Waals surface area contributed by atoms with Gasteiger partial charge in [0, 0.05) is 38.9 Å². The molecule has 180 valence electrons. The van der Waals surface area contributed by atoms with Crippen molar-refractivity contribution in [1.29, 1.82) is 5.26 Å². The molecule has 2 atom stereocenters. The molecule has 2 saturated heterocycles. The van der Waals surface area contributed by atoms with Crippen LogP contribution in [0.4, 0.5) is 18.9 Å². The lowest BCUT2D eigenvalue weighted by Gasteiger charge is -2.37. The maximum atomic E-state index is 13.4. The number of piperidine rings is 1. The fourth-order valence-electron chi connectivity index (χ4n) is 5.14. The molecule has 3 heterocycles. The Hall–Kier alpha value is -3.48. The predicted octanol–water partition coefficient (Wildman–Crippen LogP) is 3.52.